The molecule has 7 heteroatoms. The van der Waals surface area contributed by atoms with Crippen LogP contribution in [0.5, 0.6) is 0 Å². The Labute approximate surface area is 150 Å². The number of benzene rings is 1. The zero-order valence-corrected chi connectivity index (χ0v) is 15.0. The number of hydrogen-bond acceptors (Lipinski definition) is 5. The number of hydrogen-bond donors (Lipinski definition) is 1. The van der Waals surface area contributed by atoms with Crippen LogP contribution in [-0.4, -0.2) is 50.6 Å². The lowest BCUT2D eigenvalue weighted by atomic mass is 9.97. The molecule has 134 valence electrons. The fraction of sp³-hybridized carbons (Fsp3) is 0.444. The molecule has 1 N–H and O–H groups in total. The third-order valence-corrected chi connectivity index (χ3v) is 5.48. The van der Waals surface area contributed by atoms with Gasteiger partial charge in [0.25, 0.3) is 0 Å². The van der Waals surface area contributed by atoms with E-state index in [0.717, 1.165) is 11.8 Å². The first-order valence-corrected chi connectivity index (χ1v) is 9.00. The Morgan fingerprint density at radius 2 is 1.84 bits per heavy atom. The van der Waals surface area contributed by atoms with E-state index in [4.69, 9.17) is 0 Å². The predicted molar refractivity (Wildman–Crippen MR) is 94.4 cm³/mol. The molecule has 0 saturated carbocycles. The summed E-state index contributed by atoms with van der Waals surface area (Å²) >= 11 is 0.824. The van der Waals surface area contributed by atoms with E-state index < -0.39 is 29.1 Å². The van der Waals surface area contributed by atoms with Crippen molar-refractivity contribution in [3.05, 3.63) is 35.9 Å². The third-order valence-electron chi connectivity index (χ3n) is 4.27. The largest absolute Gasteiger partial charge is 0.480 e. The van der Waals surface area contributed by atoms with Crippen LogP contribution >= 0.6 is 11.8 Å². The van der Waals surface area contributed by atoms with Crippen molar-refractivity contribution in [3.8, 4) is 0 Å². The summed E-state index contributed by atoms with van der Waals surface area (Å²) in [6, 6.07) is 7.64. The number of ketones is 1. The van der Waals surface area contributed by atoms with Crippen molar-refractivity contribution in [2.45, 2.75) is 38.0 Å². The summed E-state index contributed by atoms with van der Waals surface area (Å²) < 4.78 is 0. The Bertz CT molecular complexity index is 675. The van der Waals surface area contributed by atoms with Crippen LogP contribution in [-0.2, 0) is 14.4 Å². The Morgan fingerprint density at radius 3 is 2.40 bits per heavy atom. The first-order chi connectivity index (χ1) is 11.8. The van der Waals surface area contributed by atoms with E-state index in [0.29, 0.717) is 24.9 Å². The van der Waals surface area contributed by atoms with E-state index in [1.165, 1.54) is 11.8 Å². The Morgan fingerprint density at radius 1 is 1.20 bits per heavy atom. The van der Waals surface area contributed by atoms with E-state index in [1.54, 1.807) is 37.3 Å². The highest BCUT2D eigenvalue weighted by Gasteiger charge is 2.40. The molecule has 1 fully saturated rings. The Hall–Kier alpha value is -2.15. The SMILES string of the molecule is CC(=O)S[C@H](C(=O)c1ccccc1)[C@@H](C)C(=O)N1CCC[C@H]1C(=O)O. The summed E-state index contributed by atoms with van der Waals surface area (Å²) in [5.74, 6) is -2.52. The molecule has 1 amide bonds. The molecule has 2 rings (SSSR count). The number of nitrogens with zero attached hydrogens (tertiary/aromatic N) is 1. The summed E-state index contributed by atoms with van der Waals surface area (Å²) in [5.41, 5.74) is 0.428. The second-order valence-corrected chi connectivity index (χ2v) is 7.40. The van der Waals surface area contributed by atoms with Crippen LogP contribution in [0.1, 0.15) is 37.0 Å². The zero-order chi connectivity index (χ0) is 18.6. The van der Waals surface area contributed by atoms with Crippen LogP contribution in [0, 0.1) is 5.92 Å². The minimum Gasteiger partial charge on any atom is -0.480 e. The lowest BCUT2D eigenvalue weighted by Gasteiger charge is -2.28. The maximum atomic E-state index is 12.8. The average molecular weight is 363 g/mol. The molecule has 25 heavy (non-hydrogen) atoms. The van der Waals surface area contributed by atoms with Crippen LogP contribution in [0.25, 0.3) is 0 Å². The molecular weight excluding hydrogens is 342 g/mol. The highest BCUT2D eigenvalue weighted by atomic mass is 32.2. The van der Waals surface area contributed by atoms with Gasteiger partial charge in [0.05, 0.1) is 11.2 Å². The van der Waals surface area contributed by atoms with Gasteiger partial charge in [0.2, 0.25) is 5.91 Å². The number of carboxylic acids is 1. The molecule has 0 bridgehead atoms. The quantitative estimate of drug-likeness (QED) is 0.779. The van der Waals surface area contributed by atoms with Gasteiger partial charge in [-0.15, -0.1) is 0 Å². The molecule has 3 atom stereocenters. The molecule has 1 heterocycles. The first kappa shape index (κ1) is 19.2. The lowest BCUT2D eigenvalue weighted by molar-refractivity contribution is -0.149. The van der Waals surface area contributed by atoms with E-state index in [-0.39, 0.29) is 10.9 Å². The van der Waals surface area contributed by atoms with Gasteiger partial charge >= 0.3 is 5.97 Å². The maximum absolute atomic E-state index is 12.8. The molecule has 1 aliphatic rings. The predicted octanol–water partition coefficient (Wildman–Crippen LogP) is 2.23. The maximum Gasteiger partial charge on any atom is 0.326 e. The summed E-state index contributed by atoms with van der Waals surface area (Å²) in [6.07, 6.45) is 1.03. The highest BCUT2D eigenvalue weighted by Crippen LogP contribution is 2.29. The van der Waals surface area contributed by atoms with Crippen LogP contribution in [0.4, 0.5) is 0 Å². The molecule has 1 aliphatic heterocycles. The van der Waals surface area contributed by atoms with E-state index in [1.807, 2.05) is 0 Å². The molecule has 6 nitrogen and oxygen atoms in total. The number of thioether (sulfide) groups is 1. The van der Waals surface area contributed by atoms with Crippen LogP contribution in [0.15, 0.2) is 30.3 Å². The number of amides is 1. The highest BCUT2D eigenvalue weighted by molar-refractivity contribution is 8.14. The Kier molecular flexibility index (Phi) is 6.36. The topological polar surface area (TPSA) is 91.8 Å². The molecule has 0 aliphatic carbocycles. The number of carbonyl (C=O) groups excluding carboxylic acids is 3. The average Bonchev–Trinajstić information content (AvgIpc) is 3.08. The van der Waals surface area contributed by atoms with Gasteiger partial charge in [-0.2, -0.15) is 0 Å². The van der Waals surface area contributed by atoms with Gasteiger partial charge in [-0.1, -0.05) is 49.0 Å². The number of carbonyl (C=O) groups is 4. The molecule has 0 unspecified atom stereocenters. The van der Waals surface area contributed by atoms with Crippen molar-refractivity contribution in [2.75, 3.05) is 6.54 Å². The monoisotopic (exact) mass is 363 g/mol. The summed E-state index contributed by atoms with van der Waals surface area (Å²) in [5, 5.41) is 8.13. The molecule has 1 saturated heterocycles. The first-order valence-electron chi connectivity index (χ1n) is 8.12. The number of Topliss-reactive ketones (excluding diaryl/α,β-unsaturated/α-hetero) is 1. The fourth-order valence-electron chi connectivity index (χ4n) is 3.01. The van der Waals surface area contributed by atoms with Gasteiger partial charge in [0.15, 0.2) is 10.9 Å². The normalized spacial score (nSPS) is 19.3. The molecule has 0 radical (unpaired) electrons. The molecule has 1 aromatic rings. The standard InChI is InChI=1S/C18H21NO5S/c1-11(17(22)19-10-6-9-14(19)18(23)24)16(25-12(2)20)15(21)13-7-4-3-5-8-13/h3-5,7-8,11,14,16H,6,9-10H2,1-2H3,(H,23,24)/t11-,14+,16+/m1/s1. The molecular formula is C18H21NO5S. The number of rotatable bonds is 6. The fourth-order valence-corrected chi connectivity index (χ4v) is 3.93. The van der Waals surface area contributed by atoms with Gasteiger partial charge in [-0.25, -0.2) is 4.79 Å². The van der Waals surface area contributed by atoms with Crippen molar-refractivity contribution in [1.29, 1.82) is 0 Å². The minimum atomic E-state index is -1.04. The van der Waals surface area contributed by atoms with Gasteiger partial charge in [-0.3, -0.25) is 14.4 Å². The van der Waals surface area contributed by atoms with Crippen molar-refractivity contribution in [2.24, 2.45) is 5.92 Å². The Balaban J connectivity index is 2.24. The smallest absolute Gasteiger partial charge is 0.326 e. The van der Waals surface area contributed by atoms with Gasteiger partial charge in [-0.05, 0) is 12.8 Å². The van der Waals surface area contributed by atoms with Crippen molar-refractivity contribution in [1.82, 2.24) is 4.90 Å². The zero-order valence-electron chi connectivity index (χ0n) is 14.2. The minimum absolute atomic E-state index is 0.259. The van der Waals surface area contributed by atoms with E-state index in [2.05, 4.69) is 0 Å². The van der Waals surface area contributed by atoms with Crippen molar-refractivity contribution >= 4 is 34.5 Å². The summed E-state index contributed by atoms with van der Waals surface area (Å²) in [7, 11) is 0. The second-order valence-electron chi connectivity index (χ2n) is 6.08. The lowest BCUT2D eigenvalue weighted by Crippen LogP contribution is -2.46. The van der Waals surface area contributed by atoms with Crippen molar-refractivity contribution in [3.63, 3.8) is 0 Å². The molecule has 1 aromatic carbocycles. The van der Waals surface area contributed by atoms with Crippen molar-refractivity contribution < 1.29 is 24.3 Å². The van der Waals surface area contributed by atoms with Gasteiger partial charge in [0.1, 0.15) is 6.04 Å². The molecule has 0 aromatic heterocycles. The summed E-state index contributed by atoms with van der Waals surface area (Å²) in [6.45, 7) is 3.29. The third kappa shape index (κ3) is 4.48. The van der Waals surface area contributed by atoms with Gasteiger partial charge < -0.3 is 10.0 Å². The number of likely N-dealkylation sites (tertiary alicyclic amines) is 1. The van der Waals surface area contributed by atoms with Crippen LogP contribution in [0.2, 0.25) is 0 Å². The number of aliphatic carboxylic acids is 1. The number of carboxylic acid groups (broad SMARTS) is 1. The van der Waals surface area contributed by atoms with Crippen LogP contribution in [0.3, 0.4) is 0 Å². The van der Waals surface area contributed by atoms with E-state index >= 15 is 0 Å². The van der Waals surface area contributed by atoms with Crippen LogP contribution < -0.4 is 0 Å². The summed E-state index contributed by atoms with van der Waals surface area (Å²) in [4.78, 5) is 49.8. The molecule has 0 spiro atoms. The second kappa shape index (κ2) is 8.29. The van der Waals surface area contributed by atoms with Gasteiger partial charge in [0, 0.05) is 19.0 Å². The van der Waals surface area contributed by atoms with E-state index in [9.17, 15) is 24.3 Å².